The number of allylic oxidation sites excluding steroid dienone is 1. The van der Waals surface area contributed by atoms with Crippen LogP contribution in [0.2, 0.25) is 0 Å². The number of nitriles is 1. The van der Waals surface area contributed by atoms with E-state index in [2.05, 4.69) is 44.6 Å². The van der Waals surface area contributed by atoms with E-state index in [0.29, 0.717) is 28.2 Å². The van der Waals surface area contributed by atoms with Crippen molar-refractivity contribution in [1.82, 2.24) is 0 Å². The van der Waals surface area contributed by atoms with Crippen molar-refractivity contribution in [2.75, 3.05) is 6.61 Å². The molecule has 0 aliphatic rings. The number of hydrogen-bond donors (Lipinski definition) is 0. The van der Waals surface area contributed by atoms with Gasteiger partial charge < -0.3 is 9.47 Å². The van der Waals surface area contributed by atoms with Crippen molar-refractivity contribution in [2.24, 2.45) is 0 Å². The maximum Gasteiger partial charge on any atom is 0.269 e. The van der Waals surface area contributed by atoms with E-state index in [9.17, 15) is 15.4 Å². The number of halogens is 2. The van der Waals surface area contributed by atoms with Crippen LogP contribution in [-0.4, -0.2) is 11.5 Å². The molecule has 8 heteroatoms. The van der Waals surface area contributed by atoms with E-state index in [1.54, 1.807) is 18.2 Å². The van der Waals surface area contributed by atoms with E-state index in [1.165, 1.54) is 12.1 Å². The summed E-state index contributed by atoms with van der Waals surface area (Å²) >= 11 is 5.77. The summed E-state index contributed by atoms with van der Waals surface area (Å²) in [5, 5.41) is 20.5. The minimum atomic E-state index is -0.438. The van der Waals surface area contributed by atoms with Gasteiger partial charge in [0.25, 0.3) is 5.69 Å². The highest BCUT2D eigenvalue weighted by atomic mass is 127. The molecule has 3 aromatic carbocycles. The molecule has 0 aliphatic heterocycles. The summed E-state index contributed by atoms with van der Waals surface area (Å²) in [6.45, 7) is 2.54. The number of benzene rings is 3. The van der Waals surface area contributed by atoms with Crippen molar-refractivity contribution >= 4 is 55.9 Å². The van der Waals surface area contributed by atoms with E-state index in [-0.39, 0.29) is 12.3 Å². The molecule has 0 spiro atoms. The maximum absolute atomic E-state index is 10.8. The van der Waals surface area contributed by atoms with Crippen molar-refractivity contribution in [3.8, 4) is 17.6 Å². The monoisotopic (exact) mass is 604 g/mol. The van der Waals surface area contributed by atoms with Crippen LogP contribution >= 0.6 is 38.5 Å². The first-order valence-corrected chi connectivity index (χ1v) is 11.5. The molecule has 0 saturated carbocycles. The Kier molecular flexibility index (Phi) is 8.25. The first-order valence-electron chi connectivity index (χ1n) is 9.61. The molecule has 0 heterocycles. The van der Waals surface area contributed by atoms with Gasteiger partial charge >= 0.3 is 0 Å². The topological polar surface area (TPSA) is 85.4 Å². The molecule has 0 amide bonds. The average molecular weight is 605 g/mol. The Hall–Kier alpha value is -2.90. The number of non-ortho nitro benzene ring substituents is 1. The second kappa shape index (κ2) is 11.1. The molecule has 3 aromatic rings. The zero-order valence-corrected chi connectivity index (χ0v) is 20.8. The van der Waals surface area contributed by atoms with Crippen molar-refractivity contribution in [3.63, 3.8) is 0 Å². The van der Waals surface area contributed by atoms with E-state index in [0.717, 1.165) is 20.3 Å². The van der Waals surface area contributed by atoms with Gasteiger partial charge in [-0.15, -0.1) is 0 Å². The number of ether oxygens (including phenoxy) is 2. The van der Waals surface area contributed by atoms with Crippen LogP contribution in [0.1, 0.15) is 23.6 Å². The molecule has 0 aromatic heterocycles. The number of rotatable bonds is 8. The van der Waals surface area contributed by atoms with Crippen molar-refractivity contribution in [1.29, 1.82) is 5.26 Å². The first-order chi connectivity index (χ1) is 15.4. The third kappa shape index (κ3) is 6.08. The van der Waals surface area contributed by atoms with Gasteiger partial charge in [-0.25, -0.2) is 0 Å². The SMILES string of the molecule is CCOc1cc(/C=C(/C#N)c2ccc(I)cc2)cc(Br)c1OCc1ccc([N+](=O)[O-])cc1. The maximum atomic E-state index is 10.8. The number of nitro groups is 1. The van der Waals surface area contributed by atoms with Crippen LogP contribution in [0.4, 0.5) is 5.69 Å². The highest BCUT2D eigenvalue weighted by molar-refractivity contribution is 14.1. The third-order valence-electron chi connectivity index (χ3n) is 4.45. The summed E-state index contributed by atoms with van der Waals surface area (Å²) in [5.41, 5.74) is 2.98. The van der Waals surface area contributed by atoms with Gasteiger partial charge in [0, 0.05) is 15.7 Å². The van der Waals surface area contributed by atoms with Gasteiger partial charge in [-0.05, 0) is 105 Å². The molecule has 0 bridgehead atoms. The normalized spacial score (nSPS) is 11.0. The molecule has 0 aliphatic carbocycles. The van der Waals surface area contributed by atoms with Gasteiger partial charge in [-0.3, -0.25) is 10.1 Å². The van der Waals surface area contributed by atoms with Crippen molar-refractivity contribution in [2.45, 2.75) is 13.5 Å². The summed E-state index contributed by atoms with van der Waals surface area (Å²) in [5.74, 6) is 1.06. The molecule has 0 unspecified atom stereocenters. The molecule has 32 heavy (non-hydrogen) atoms. The Labute approximate surface area is 207 Å². The quantitative estimate of drug-likeness (QED) is 0.0908. The predicted octanol–water partition coefficient (Wildman–Crippen LogP) is 7.00. The lowest BCUT2D eigenvalue weighted by molar-refractivity contribution is -0.384. The van der Waals surface area contributed by atoms with E-state index in [1.807, 2.05) is 43.3 Å². The minimum Gasteiger partial charge on any atom is -0.490 e. The summed E-state index contributed by atoms with van der Waals surface area (Å²) in [4.78, 5) is 10.4. The molecule has 0 radical (unpaired) electrons. The number of nitro benzene ring substituents is 1. The second-order valence-corrected chi connectivity index (χ2v) is 8.75. The number of hydrogen-bond acceptors (Lipinski definition) is 5. The van der Waals surface area contributed by atoms with Gasteiger partial charge in [0.1, 0.15) is 6.61 Å². The van der Waals surface area contributed by atoms with Gasteiger partial charge in [0.2, 0.25) is 0 Å². The minimum absolute atomic E-state index is 0.0301. The summed E-state index contributed by atoms with van der Waals surface area (Å²) in [7, 11) is 0. The molecule has 3 rings (SSSR count). The molecule has 0 N–H and O–H groups in total. The Morgan fingerprint density at radius 1 is 1.16 bits per heavy atom. The van der Waals surface area contributed by atoms with Crippen LogP contribution in [0.15, 0.2) is 65.1 Å². The zero-order valence-electron chi connectivity index (χ0n) is 17.0. The molecular weight excluding hydrogens is 587 g/mol. The van der Waals surface area contributed by atoms with E-state index < -0.39 is 4.92 Å². The van der Waals surface area contributed by atoms with Crippen LogP contribution in [0, 0.1) is 25.0 Å². The van der Waals surface area contributed by atoms with Crippen LogP contribution in [0.5, 0.6) is 11.5 Å². The largest absolute Gasteiger partial charge is 0.490 e. The summed E-state index contributed by atoms with van der Waals surface area (Å²) in [6.07, 6.45) is 1.80. The molecular formula is C24H18BrIN2O4. The van der Waals surface area contributed by atoms with Gasteiger partial charge in [0.15, 0.2) is 11.5 Å². The Morgan fingerprint density at radius 2 is 1.84 bits per heavy atom. The molecule has 162 valence electrons. The second-order valence-electron chi connectivity index (χ2n) is 6.65. The fourth-order valence-electron chi connectivity index (χ4n) is 2.92. The Balaban J connectivity index is 1.87. The Bertz CT molecular complexity index is 1190. The standard InChI is InChI=1S/C24H18BrIN2O4/c1-2-31-23-13-17(11-19(14-27)18-5-7-20(26)8-6-18)12-22(25)24(23)32-15-16-3-9-21(10-4-16)28(29)30/h3-13H,2,15H2,1H3/b19-11-. The third-order valence-corrected chi connectivity index (χ3v) is 5.76. The lowest BCUT2D eigenvalue weighted by Crippen LogP contribution is -2.01. The van der Waals surface area contributed by atoms with Crippen LogP contribution in [-0.2, 0) is 6.61 Å². The molecule has 6 nitrogen and oxygen atoms in total. The predicted molar refractivity (Wildman–Crippen MR) is 135 cm³/mol. The van der Waals surface area contributed by atoms with Gasteiger partial charge in [0.05, 0.1) is 27.6 Å². The van der Waals surface area contributed by atoms with E-state index in [4.69, 9.17) is 9.47 Å². The lowest BCUT2D eigenvalue weighted by atomic mass is 10.0. The van der Waals surface area contributed by atoms with E-state index >= 15 is 0 Å². The van der Waals surface area contributed by atoms with Crippen LogP contribution in [0.3, 0.4) is 0 Å². The lowest BCUT2D eigenvalue weighted by Gasteiger charge is -2.15. The van der Waals surface area contributed by atoms with Crippen LogP contribution in [0.25, 0.3) is 11.6 Å². The number of nitrogens with zero attached hydrogens (tertiary/aromatic N) is 2. The molecule has 0 atom stereocenters. The summed E-state index contributed by atoms with van der Waals surface area (Å²) < 4.78 is 13.5. The Morgan fingerprint density at radius 3 is 2.44 bits per heavy atom. The highest BCUT2D eigenvalue weighted by Gasteiger charge is 2.13. The van der Waals surface area contributed by atoms with Gasteiger partial charge in [-0.2, -0.15) is 5.26 Å². The summed E-state index contributed by atoms with van der Waals surface area (Å²) in [6, 6.07) is 19.9. The molecule has 0 saturated heterocycles. The smallest absolute Gasteiger partial charge is 0.269 e. The molecule has 0 fully saturated rings. The van der Waals surface area contributed by atoms with Crippen molar-refractivity contribution < 1.29 is 14.4 Å². The van der Waals surface area contributed by atoms with Crippen LogP contribution < -0.4 is 9.47 Å². The first kappa shape index (κ1) is 23.8. The highest BCUT2D eigenvalue weighted by Crippen LogP contribution is 2.38. The average Bonchev–Trinajstić information content (AvgIpc) is 2.78. The fourth-order valence-corrected chi connectivity index (χ4v) is 3.85. The fraction of sp³-hybridized carbons (Fsp3) is 0.125. The van der Waals surface area contributed by atoms with Crippen molar-refractivity contribution in [3.05, 3.63) is 95.5 Å². The van der Waals surface area contributed by atoms with Gasteiger partial charge in [-0.1, -0.05) is 12.1 Å². The zero-order chi connectivity index (χ0) is 23.1.